The molecular weight excluding hydrogens is 430 g/mol. The van der Waals surface area contributed by atoms with Gasteiger partial charge in [0.05, 0.1) is 17.7 Å². The Hall–Kier alpha value is -3.27. The van der Waals surface area contributed by atoms with Crippen LogP contribution >= 0.6 is 0 Å². The van der Waals surface area contributed by atoms with Crippen LogP contribution in [0.5, 0.6) is 0 Å². The van der Waals surface area contributed by atoms with E-state index in [2.05, 4.69) is 10.6 Å². The topological polar surface area (TPSA) is 131 Å². The van der Waals surface area contributed by atoms with E-state index in [1.807, 2.05) is 0 Å². The van der Waals surface area contributed by atoms with E-state index < -0.39 is 41.4 Å². The zero-order valence-corrected chi connectivity index (χ0v) is 19.1. The van der Waals surface area contributed by atoms with Gasteiger partial charge in [-0.2, -0.15) is 0 Å². The minimum Gasteiger partial charge on any atom is -0.444 e. The first-order valence-corrected chi connectivity index (χ1v) is 11.0. The van der Waals surface area contributed by atoms with Crippen LogP contribution in [0.3, 0.4) is 0 Å². The van der Waals surface area contributed by atoms with Crippen LogP contribution in [0.15, 0.2) is 18.2 Å². The lowest BCUT2D eigenvalue weighted by molar-refractivity contribution is -0.136. The van der Waals surface area contributed by atoms with Gasteiger partial charge in [0.25, 0.3) is 11.8 Å². The fourth-order valence-electron chi connectivity index (χ4n) is 3.69. The molecule has 1 saturated heterocycles. The van der Waals surface area contributed by atoms with Crippen LogP contribution in [0, 0.1) is 0 Å². The molecule has 0 bridgehead atoms. The highest BCUT2D eigenvalue weighted by Gasteiger charge is 2.44. The second kappa shape index (κ2) is 10.1. The standard InChI is InChI=1S/C23H29N3O7/c1-23(2,3)33-22(31)24-10-12-32-11-4-5-14-6-7-15-16(13-14)21(30)26(20(15)29)17-8-9-18(27)25-19(17)28/h6-7,13,17H,4-5,8-12H2,1-3H3,(H,24,31)(H,25,27,28). The van der Waals surface area contributed by atoms with Gasteiger partial charge < -0.3 is 14.8 Å². The maximum Gasteiger partial charge on any atom is 0.407 e. The number of fused-ring (bicyclic) bond motifs is 1. The highest BCUT2D eigenvalue weighted by Crippen LogP contribution is 2.28. The largest absolute Gasteiger partial charge is 0.444 e. The minimum atomic E-state index is -0.971. The van der Waals surface area contributed by atoms with Crippen molar-refractivity contribution in [2.24, 2.45) is 0 Å². The van der Waals surface area contributed by atoms with Gasteiger partial charge in [-0.3, -0.25) is 29.4 Å². The summed E-state index contributed by atoms with van der Waals surface area (Å²) < 4.78 is 10.6. The summed E-state index contributed by atoms with van der Waals surface area (Å²) in [5, 5.41) is 4.80. The van der Waals surface area contributed by atoms with Crippen molar-refractivity contribution in [1.29, 1.82) is 0 Å². The van der Waals surface area contributed by atoms with Crippen LogP contribution < -0.4 is 10.6 Å². The summed E-state index contributed by atoms with van der Waals surface area (Å²) in [5.41, 5.74) is 0.851. The molecule has 0 spiro atoms. The molecule has 178 valence electrons. The first-order valence-electron chi connectivity index (χ1n) is 11.0. The van der Waals surface area contributed by atoms with Gasteiger partial charge in [-0.05, 0) is 57.7 Å². The quantitative estimate of drug-likeness (QED) is 0.445. The molecule has 2 heterocycles. The van der Waals surface area contributed by atoms with Crippen molar-refractivity contribution >= 4 is 29.7 Å². The molecule has 5 amide bonds. The lowest BCUT2D eigenvalue weighted by Crippen LogP contribution is -2.54. The first-order chi connectivity index (χ1) is 15.6. The molecule has 2 aliphatic rings. The SMILES string of the molecule is CC(C)(C)OC(=O)NCCOCCCc1ccc2c(c1)C(=O)N(C1CCC(=O)NC1=O)C2=O. The number of alkyl carbamates (subject to hydrolysis) is 1. The third kappa shape index (κ3) is 6.16. The van der Waals surface area contributed by atoms with Crippen molar-refractivity contribution in [1.82, 2.24) is 15.5 Å². The number of aryl methyl sites for hydroxylation is 1. The van der Waals surface area contributed by atoms with E-state index in [0.717, 1.165) is 10.5 Å². The average Bonchev–Trinajstić information content (AvgIpc) is 2.96. The molecule has 10 heteroatoms. The second-order valence-corrected chi connectivity index (χ2v) is 8.97. The molecule has 1 fully saturated rings. The van der Waals surface area contributed by atoms with Crippen molar-refractivity contribution in [3.63, 3.8) is 0 Å². The number of rotatable bonds is 8. The van der Waals surface area contributed by atoms with Crippen molar-refractivity contribution in [2.75, 3.05) is 19.8 Å². The lowest BCUT2D eigenvalue weighted by atomic mass is 10.0. The van der Waals surface area contributed by atoms with Gasteiger partial charge in [0, 0.05) is 19.6 Å². The zero-order chi connectivity index (χ0) is 24.2. The summed E-state index contributed by atoms with van der Waals surface area (Å²) in [4.78, 5) is 61.6. The molecule has 1 aromatic rings. The van der Waals surface area contributed by atoms with Gasteiger partial charge >= 0.3 is 6.09 Å². The number of carbonyl (C=O) groups excluding carboxylic acids is 5. The minimum absolute atomic E-state index is 0.0857. The number of hydrogen-bond acceptors (Lipinski definition) is 7. The van der Waals surface area contributed by atoms with Gasteiger partial charge in [0.2, 0.25) is 11.8 Å². The first kappa shape index (κ1) is 24.4. The average molecular weight is 459 g/mol. The molecule has 0 radical (unpaired) electrons. The molecule has 0 saturated carbocycles. The molecular formula is C23H29N3O7. The smallest absolute Gasteiger partial charge is 0.407 e. The molecule has 1 atom stereocenters. The Kier molecular flexibility index (Phi) is 7.47. The Morgan fingerprint density at radius 2 is 1.85 bits per heavy atom. The summed E-state index contributed by atoms with van der Waals surface area (Å²) >= 11 is 0. The molecule has 0 aromatic heterocycles. The van der Waals surface area contributed by atoms with Crippen molar-refractivity contribution < 1.29 is 33.4 Å². The number of carbonyl (C=O) groups is 5. The van der Waals surface area contributed by atoms with E-state index in [9.17, 15) is 24.0 Å². The summed E-state index contributed by atoms with van der Waals surface area (Å²) in [6.45, 7) is 6.51. The number of nitrogens with zero attached hydrogens (tertiary/aromatic N) is 1. The number of nitrogens with one attached hydrogen (secondary N) is 2. The fraction of sp³-hybridized carbons (Fsp3) is 0.522. The van der Waals surface area contributed by atoms with Gasteiger partial charge in [0.15, 0.2) is 0 Å². The van der Waals surface area contributed by atoms with Crippen molar-refractivity contribution in [2.45, 2.75) is 58.1 Å². The number of imide groups is 2. The number of hydrogen-bond donors (Lipinski definition) is 2. The highest BCUT2D eigenvalue weighted by atomic mass is 16.6. The van der Waals surface area contributed by atoms with Crippen LogP contribution in [0.4, 0.5) is 4.79 Å². The zero-order valence-electron chi connectivity index (χ0n) is 19.1. The van der Waals surface area contributed by atoms with E-state index in [-0.39, 0.29) is 24.0 Å². The van der Waals surface area contributed by atoms with Crippen LogP contribution in [0.25, 0.3) is 0 Å². The molecule has 3 rings (SSSR count). The van der Waals surface area contributed by atoms with Crippen LogP contribution in [-0.4, -0.2) is 66.0 Å². The second-order valence-electron chi connectivity index (χ2n) is 8.97. The Labute approximate surface area is 192 Å². The molecule has 2 N–H and O–H groups in total. The van der Waals surface area contributed by atoms with E-state index in [4.69, 9.17) is 9.47 Å². The normalized spacial score (nSPS) is 18.3. The molecule has 10 nitrogen and oxygen atoms in total. The Morgan fingerprint density at radius 3 is 2.55 bits per heavy atom. The maximum atomic E-state index is 12.8. The van der Waals surface area contributed by atoms with Gasteiger partial charge in [-0.1, -0.05) is 6.07 Å². The third-order valence-electron chi connectivity index (χ3n) is 5.17. The number of ether oxygens (including phenoxy) is 2. The van der Waals surface area contributed by atoms with Crippen LogP contribution in [0.1, 0.15) is 66.3 Å². The summed E-state index contributed by atoms with van der Waals surface area (Å²) in [6.07, 6.45) is 1.04. The van der Waals surface area contributed by atoms with Gasteiger partial charge in [-0.25, -0.2) is 4.79 Å². The van der Waals surface area contributed by atoms with Crippen molar-refractivity contribution in [3.05, 3.63) is 34.9 Å². The Balaban J connectivity index is 1.45. The monoisotopic (exact) mass is 459 g/mol. The van der Waals surface area contributed by atoms with E-state index in [1.54, 1.807) is 39.0 Å². The summed E-state index contributed by atoms with van der Waals surface area (Å²) in [7, 11) is 0. The number of benzene rings is 1. The highest BCUT2D eigenvalue weighted by molar-refractivity contribution is 6.23. The van der Waals surface area contributed by atoms with Crippen LogP contribution in [0.2, 0.25) is 0 Å². The summed E-state index contributed by atoms with van der Waals surface area (Å²) in [6, 6.07) is 4.08. The Bertz CT molecular complexity index is 967. The van der Waals surface area contributed by atoms with E-state index >= 15 is 0 Å². The van der Waals surface area contributed by atoms with Gasteiger partial charge in [0.1, 0.15) is 11.6 Å². The predicted molar refractivity (Wildman–Crippen MR) is 116 cm³/mol. The lowest BCUT2D eigenvalue weighted by Gasteiger charge is -2.27. The number of piperidine rings is 1. The number of amides is 5. The fourth-order valence-corrected chi connectivity index (χ4v) is 3.69. The molecule has 0 aliphatic carbocycles. The molecule has 33 heavy (non-hydrogen) atoms. The predicted octanol–water partition coefficient (Wildman–Crippen LogP) is 1.56. The third-order valence-corrected chi connectivity index (χ3v) is 5.17. The Morgan fingerprint density at radius 1 is 1.12 bits per heavy atom. The molecule has 1 unspecified atom stereocenters. The van der Waals surface area contributed by atoms with E-state index in [1.165, 1.54) is 0 Å². The molecule has 1 aromatic carbocycles. The molecule has 2 aliphatic heterocycles. The maximum absolute atomic E-state index is 12.8. The van der Waals surface area contributed by atoms with Crippen LogP contribution in [-0.2, 0) is 25.5 Å². The van der Waals surface area contributed by atoms with Crippen molar-refractivity contribution in [3.8, 4) is 0 Å². The van der Waals surface area contributed by atoms with Gasteiger partial charge in [-0.15, -0.1) is 0 Å². The summed E-state index contributed by atoms with van der Waals surface area (Å²) in [5.74, 6) is -2.06. The van der Waals surface area contributed by atoms with E-state index in [0.29, 0.717) is 32.6 Å².